The highest BCUT2D eigenvalue weighted by molar-refractivity contribution is 5.67. The number of aliphatic imine (C=N–C) groups is 1. The Morgan fingerprint density at radius 3 is 2.75 bits per heavy atom. The van der Waals surface area contributed by atoms with Crippen LogP contribution in [0.1, 0.15) is 71.6 Å². The normalized spacial score (nSPS) is 37.8. The van der Waals surface area contributed by atoms with E-state index in [2.05, 4.69) is 25.1 Å². The summed E-state index contributed by atoms with van der Waals surface area (Å²) in [5.74, 6) is 2.07. The van der Waals surface area contributed by atoms with Crippen LogP contribution in [0.3, 0.4) is 0 Å². The zero-order chi connectivity index (χ0) is 14.6. The van der Waals surface area contributed by atoms with Crippen molar-refractivity contribution in [2.75, 3.05) is 7.05 Å². The van der Waals surface area contributed by atoms with Gasteiger partial charge in [0.25, 0.3) is 0 Å². The van der Waals surface area contributed by atoms with Crippen LogP contribution in [0.5, 0.6) is 0 Å². The number of hydrogen-bond donors (Lipinski definition) is 1. The fourth-order valence-corrected chi connectivity index (χ4v) is 4.84. The lowest BCUT2D eigenvalue weighted by Gasteiger charge is -2.43. The predicted octanol–water partition coefficient (Wildman–Crippen LogP) is 4.46. The second-order valence-electron chi connectivity index (χ2n) is 7.52. The van der Waals surface area contributed by atoms with Gasteiger partial charge in [0.2, 0.25) is 0 Å². The molecule has 2 aliphatic rings. The van der Waals surface area contributed by atoms with Crippen molar-refractivity contribution in [3.05, 3.63) is 0 Å². The molecule has 116 valence electrons. The van der Waals surface area contributed by atoms with Crippen LogP contribution in [-0.4, -0.2) is 24.5 Å². The first kappa shape index (κ1) is 16.0. The number of rotatable bonds is 6. The SMILES string of the molecule is C/N=C/C12CCC[C@H](O)[C@@H]1CC[C@@H]2CCCCC(C)C. The van der Waals surface area contributed by atoms with Gasteiger partial charge in [0.05, 0.1) is 6.10 Å². The Labute approximate surface area is 125 Å². The van der Waals surface area contributed by atoms with Crippen LogP contribution in [0.4, 0.5) is 0 Å². The third-order valence-electron chi connectivity index (χ3n) is 5.80. The Kier molecular flexibility index (Phi) is 5.65. The maximum atomic E-state index is 10.4. The summed E-state index contributed by atoms with van der Waals surface area (Å²) in [6.07, 6.45) is 13.5. The number of nitrogens with zero attached hydrogens (tertiary/aromatic N) is 1. The molecule has 2 fully saturated rings. The van der Waals surface area contributed by atoms with Crippen molar-refractivity contribution in [1.82, 2.24) is 0 Å². The highest BCUT2D eigenvalue weighted by Gasteiger charge is 2.52. The lowest BCUT2D eigenvalue weighted by molar-refractivity contribution is 0.0115. The van der Waals surface area contributed by atoms with Crippen molar-refractivity contribution in [2.24, 2.45) is 28.2 Å². The molecule has 20 heavy (non-hydrogen) atoms. The van der Waals surface area contributed by atoms with Crippen molar-refractivity contribution in [1.29, 1.82) is 0 Å². The van der Waals surface area contributed by atoms with E-state index in [4.69, 9.17) is 0 Å². The van der Waals surface area contributed by atoms with Gasteiger partial charge in [-0.25, -0.2) is 0 Å². The van der Waals surface area contributed by atoms with Gasteiger partial charge < -0.3 is 10.1 Å². The third-order valence-corrected chi connectivity index (χ3v) is 5.80. The molecule has 4 atom stereocenters. The minimum absolute atomic E-state index is 0.0811. The summed E-state index contributed by atoms with van der Waals surface area (Å²) in [7, 11) is 1.90. The van der Waals surface area contributed by atoms with E-state index in [-0.39, 0.29) is 11.5 Å². The number of fused-ring (bicyclic) bond motifs is 1. The van der Waals surface area contributed by atoms with Gasteiger partial charge in [-0.05, 0) is 56.3 Å². The van der Waals surface area contributed by atoms with Crippen molar-refractivity contribution in [2.45, 2.75) is 77.7 Å². The Morgan fingerprint density at radius 2 is 2.05 bits per heavy atom. The van der Waals surface area contributed by atoms with E-state index in [1.807, 2.05) is 7.05 Å². The molecule has 0 aliphatic heterocycles. The lowest BCUT2D eigenvalue weighted by atomic mass is 9.63. The molecule has 2 saturated carbocycles. The number of hydrogen-bond acceptors (Lipinski definition) is 2. The van der Waals surface area contributed by atoms with E-state index in [0.717, 1.165) is 18.3 Å². The molecule has 0 bridgehead atoms. The molecule has 0 amide bonds. The quantitative estimate of drug-likeness (QED) is 0.565. The Bertz CT molecular complexity index is 325. The molecular formula is C18H33NO. The molecule has 2 aliphatic carbocycles. The van der Waals surface area contributed by atoms with Crippen LogP contribution in [0.2, 0.25) is 0 Å². The van der Waals surface area contributed by atoms with Gasteiger partial charge in [-0.2, -0.15) is 0 Å². The maximum absolute atomic E-state index is 10.4. The molecule has 2 heteroatoms. The Balaban J connectivity index is 1.97. The van der Waals surface area contributed by atoms with E-state index >= 15 is 0 Å². The highest BCUT2D eigenvalue weighted by atomic mass is 16.3. The van der Waals surface area contributed by atoms with E-state index in [9.17, 15) is 5.11 Å². The monoisotopic (exact) mass is 279 g/mol. The second kappa shape index (κ2) is 7.06. The standard InChI is InChI=1S/C18H33NO/c1-14(2)7-4-5-8-15-10-11-16-17(20)9-6-12-18(15,16)13-19-3/h13-17,20H,4-12H2,1-3H3/b19-13+/t15-,16-,17-,18?/m0/s1. The first-order chi connectivity index (χ1) is 9.60. The molecule has 0 saturated heterocycles. The van der Waals surface area contributed by atoms with Crippen molar-refractivity contribution in [3.8, 4) is 0 Å². The summed E-state index contributed by atoms with van der Waals surface area (Å²) in [4.78, 5) is 4.40. The van der Waals surface area contributed by atoms with Crippen LogP contribution in [-0.2, 0) is 0 Å². The summed E-state index contributed by atoms with van der Waals surface area (Å²) in [5.41, 5.74) is 0.226. The summed E-state index contributed by atoms with van der Waals surface area (Å²) >= 11 is 0. The van der Waals surface area contributed by atoms with Crippen LogP contribution >= 0.6 is 0 Å². The molecule has 0 aromatic carbocycles. The van der Waals surface area contributed by atoms with Crippen LogP contribution in [0.25, 0.3) is 0 Å². The van der Waals surface area contributed by atoms with E-state index in [1.54, 1.807) is 0 Å². The zero-order valence-corrected chi connectivity index (χ0v) is 13.6. The Hall–Kier alpha value is -0.370. The van der Waals surface area contributed by atoms with E-state index in [0.29, 0.717) is 5.92 Å². The maximum Gasteiger partial charge on any atom is 0.0577 e. The lowest BCUT2D eigenvalue weighted by Crippen LogP contribution is -2.43. The van der Waals surface area contributed by atoms with Crippen molar-refractivity contribution < 1.29 is 5.11 Å². The fraction of sp³-hybridized carbons (Fsp3) is 0.944. The second-order valence-corrected chi connectivity index (χ2v) is 7.52. The molecule has 0 heterocycles. The molecule has 0 aromatic rings. The summed E-state index contributed by atoms with van der Waals surface area (Å²) < 4.78 is 0. The van der Waals surface area contributed by atoms with Crippen LogP contribution < -0.4 is 0 Å². The number of aliphatic hydroxyl groups is 1. The molecule has 0 radical (unpaired) electrons. The molecule has 0 spiro atoms. The van der Waals surface area contributed by atoms with Gasteiger partial charge in [0.1, 0.15) is 0 Å². The summed E-state index contributed by atoms with van der Waals surface area (Å²) in [5, 5.41) is 10.4. The number of aliphatic hydroxyl groups excluding tert-OH is 1. The van der Waals surface area contributed by atoms with Crippen LogP contribution in [0.15, 0.2) is 4.99 Å². The van der Waals surface area contributed by atoms with E-state index < -0.39 is 0 Å². The van der Waals surface area contributed by atoms with Gasteiger partial charge in [0.15, 0.2) is 0 Å². The first-order valence-electron chi connectivity index (χ1n) is 8.71. The highest BCUT2D eigenvalue weighted by Crippen LogP contribution is 2.56. The fourth-order valence-electron chi connectivity index (χ4n) is 4.84. The summed E-state index contributed by atoms with van der Waals surface area (Å²) in [6.45, 7) is 4.63. The van der Waals surface area contributed by atoms with Gasteiger partial charge in [-0.3, -0.25) is 0 Å². The molecule has 2 rings (SSSR count). The molecule has 0 aromatic heterocycles. The third kappa shape index (κ3) is 3.27. The predicted molar refractivity (Wildman–Crippen MR) is 86.2 cm³/mol. The largest absolute Gasteiger partial charge is 0.393 e. The Morgan fingerprint density at radius 1 is 1.25 bits per heavy atom. The van der Waals surface area contributed by atoms with Crippen molar-refractivity contribution in [3.63, 3.8) is 0 Å². The van der Waals surface area contributed by atoms with Gasteiger partial charge >= 0.3 is 0 Å². The van der Waals surface area contributed by atoms with Crippen molar-refractivity contribution >= 4 is 6.21 Å². The molecular weight excluding hydrogens is 246 g/mol. The van der Waals surface area contributed by atoms with Crippen LogP contribution in [0, 0.1) is 23.2 Å². The van der Waals surface area contributed by atoms with Gasteiger partial charge in [-0.1, -0.05) is 33.1 Å². The average molecular weight is 279 g/mol. The smallest absolute Gasteiger partial charge is 0.0577 e. The minimum atomic E-state index is -0.0811. The first-order valence-corrected chi connectivity index (χ1v) is 8.71. The molecule has 1 unspecified atom stereocenters. The minimum Gasteiger partial charge on any atom is -0.393 e. The average Bonchev–Trinajstić information content (AvgIpc) is 2.75. The van der Waals surface area contributed by atoms with Gasteiger partial charge in [0, 0.05) is 18.7 Å². The number of unbranched alkanes of at least 4 members (excludes halogenated alkanes) is 1. The zero-order valence-electron chi connectivity index (χ0n) is 13.6. The van der Waals surface area contributed by atoms with E-state index in [1.165, 1.54) is 51.4 Å². The summed E-state index contributed by atoms with van der Waals surface area (Å²) in [6, 6.07) is 0. The molecule has 2 nitrogen and oxygen atoms in total. The topological polar surface area (TPSA) is 32.6 Å². The van der Waals surface area contributed by atoms with Gasteiger partial charge in [-0.15, -0.1) is 0 Å². The molecule has 1 N–H and O–H groups in total.